The Labute approximate surface area is 134 Å². The molecular formula is C14H20BrClN2O2. The summed E-state index contributed by atoms with van der Waals surface area (Å²) in [4.78, 5) is 11.9. The molecule has 0 radical (unpaired) electrons. The van der Waals surface area contributed by atoms with Crippen LogP contribution in [0.25, 0.3) is 0 Å². The van der Waals surface area contributed by atoms with Crippen LogP contribution in [-0.2, 0) is 4.79 Å². The third-order valence-electron chi connectivity index (χ3n) is 3.19. The molecule has 2 rings (SSSR count). The van der Waals surface area contributed by atoms with Gasteiger partial charge in [-0.25, -0.2) is 0 Å². The number of carbonyl (C=O) groups excluding carboxylic acids is 1. The lowest BCUT2D eigenvalue weighted by atomic mass is 10.2. The third-order valence-corrected chi connectivity index (χ3v) is 3.85. The van der Waals surface area contributed by atoms with E-state index in [0.717, 1.165) is 17.4 Å². The van der Waals surface area contributed by atoms with Crippen LogP contribution in [0.4, 0.5) is 0 Å². The van der Waals surface area contributed by atoms with Gasteiger partial charge in [0.1, 0.15) is 5.75 Å². The molecule has 1 aromatic carbocycles. The summed E-state index contributed by atoms with van der Waals surface area (Å²) in [5.41, 5.74) is 0. The standard InChI is InChI=1S/C14H19BrN2O2.ClH/c1-10(19-13-7-3-2-6-12(13)15)14(18)17-9-11-5-4-8-16-11;/h2-3,6-7,10-11,16H,4-5,8-9H2,1H3,(H,17,18);1H. The number of hydrogen-bond donors (Lipinski definition) is 2. The number of ether oxygens (including phenoxy) is 1. The van der Waals surface area contributed by atoms with Crippen molar-refractivity contribution in [3.05, 3.63) is 28.7 Å². The van der Waals surface area contributed by atoms with E-state index in [2.05, 4.69) is 26.6 Å². The van der Waals surface area contributed by atoms with Crippen molar-refractivity contribution in [1.29, 1.82) is 0 Å². The van der Waals surface area contributed by atoms with Crippen molar-refractivity contribution in [2.24, 2.45) is 0 Å². The van der Waals surface area contributed by atoms with E-state index in [0.29, 0.717) is 18.3 Å². The summed E-state index contributed by atoms with van der Waals surface area (Å²) >= 11 is 3.40. The SMILES string of the molecule is CC(Oc1ccccc1Br)C(=O)NCC1CCCN1.Cl. The molecule has 1 amide bonds. The maximum atomic E-state index is 11.9. The van der Waals surface area contributed by atoms with E-state index >= 15 is 0 Å². The van der Waals surface area contributed by atoms with Gasteiger partial charge in [-0.15, -0.1) is 12.4 Å². The van der Waals surface area contributed by atoms with Crippen molar-refractivity contribution < 1.29 is 9.53 Å². The molecule has 0 bridgehead atoms. The summed E-state index contributed by atoms with van der Waals surface area (Å²) < 4.78 is 6.50. The first-order chi connectivity index (χ1) is 9.16. The van der Waals surface area contributed by atoms with Crippen molar-refractivity contribution in [2.45, 2.75) is 31.9 Å². The van der Waals surface area contributed by atoms with Crippen LogP contribution in [0.5, 0.6) is 5.75 Å². The normalized spacial score (nSPS) is 19.0. The molecule has 0 aromatic heterocycles. The van der Waals surface area contributed by atoms with Gasteiger partial charge in [-0.1, -0.05) is 12.1 Å². The molecule has 1 aliphatic rings. The second kappa shape index (κ2) is 8.49. The molecule has 2 atom stereocenters. The van der Waals surface area contributed by atoms with Crippen LogP contribution in [0.1, 0.15) is 19.8 Å². The van der Waals surface area contributed by atoms with E-state index in [4.69, 9.17) is 4.74 Å². The number of nitrogens with one attached hydrogen (secondary N) is 2. The van der Waals surface area contributed by atoms with Gasteiger partial charge in [0, 0.05) is 12.6 Å². The summed E-state index contributed by atoms with van der Waals surface area (Å²) in [6, 6.07) is 7.93. The number of para-hydroxylation sites is 1. The highest BCUT2D eigenvalue weighted by atomic mass is 79.9. The number of halogens is 2. The number of hydrogen-bond acceptors (Lipinski definition) is 3. The van der Waals surface area contributed by atoms with Crippen LogP contribution in [-0.4, -0.2) is 31.1 Å². The Morgan fingerprint density at radius 3 is 2.95 bits per heavy atom. The third kappa shape index (κ3) is 4.96. The van der Waals surface area contributed by atoms with E-state index in [9.17, 15) is 4.79 Å². The second-order valence-corrected chi connectivity index (χ2v) is 5.58. The minimum atomic E-state index is -0.500. The highest BCUT2D eigenvalue weighted by molar-refractivity contribution is 9.10. The minimum Gasteiger partial charge on any atom is -0.480 e. The maximum Gasteiger partial charge on any atom is 0.260 e. The highest BCUT2D eigenvalue weighted by Crippen LogP contribution is 2.24. The molecule has 4 nitrogen and oxygen atoms in total. The summed E-state index contributed by atoms with van der Waals surface area (Å²) in [5, 5.41) is 6.27. The fourth-order valence-electron chi connectivity index (χ4n) is 2.08. The van der Waals surface area contributed by atoms with Crippen molar-refractivity contribution in [3.8, 4) is 5.75 Å². The predicted molar refractivity (Wildman–Crippen MR) is 85.5 cm³/mol. The average molecular weight is 364 g/mol. The number of carbonyl (C=O) groups is 1. The Kier molecular flexibility index (Phi) is 7.34. The molecule has 0 aliphatic carbocycles. The molecule has 20 heavy (non-hydrogen) atoms. The average Bonchev–Trinajstić information content (AvgIpc) is 2.91. The topological polar surface area (TPSA) is 50.4 Å². The lowest BCUT2D eigenvalue weighted by Gasteiger charge is -2.17. The monoisotopic (exact) mass is 362 g/mol. The molecule has 6 heteroatoms. The molecule has 1 aliphatic heterocycles. The van der Waals surface area contributed by atoms with E-state index < -0.39 is 6.10 Å². The van der Waals surface area contributed by atoms with Crippen LogP contribution < -0.4 is 15.4 Å². The van der Waals surface area contributed by atoms with Gasteiger partial charge in [0.15, 0.2) is 6.10 Å². The molecule has 1 aromatic rings. The lowest BCUT2D eigenvalue weighted by molar-refractivity contribution is -0.127. The van der Waals surface area contributed by atoms with Gasteiger partial charge in [-0.3, -0.25) is 4.79 Å². The lowest BCUT2D eigenvalue weighted by Crippen LogP contribution is -2.42. The predicted octanol–water partition coefficient (Wildman–Crippen LogP) is 2.51. The van der Waals surface area contributed by atoms with Crippen molar-refractivity contribution >= 4 is 34.2 Å². The second-order valence-electron chi connectivity index (χ2n) is 4.73. The molecule has 1 saturated heterocycles. The smallest absolute Gasteiger partial charge is 0.260 e. The molecule has 112 valence electrons. The van der Waals surface area contributed by atoms with Gasteiger partial charge in [-0.05, 0) is 54.4 Å². The Hall–Kier alpha value is -0.780. The molecular weight excluding hydrogens is 344 g/mol. The van der Waals surface area contributed by atoms with Crippen molar-refractivity contribution in [3.63, 3.8) is 0 Å². The van der Waals surface area contributed by atoms with Crippen molar-refractivity contribution in [2.75, 3.05) is 13.1 Å². The molecule has 1 fully saturated rings. The Morgan fingerprint density at radius 1 is 1.55 bits per heavy atom. The van der Waals surface area contributed by atoms with E-state index in [1.54, 1.807) is 6.92 Å². The van der Waals surface area contributed by atoms with Gasteiger partial charge < -0.3 is 15.4 Å². The maximum absolute atomic E-state index is 11.9. The zero-order chi connectivity index (χ0) is 13.7. The quantitative estimate of drug-likeness (QED) is 0.845. The molecule has 1 heterocycles. The fraction of sp³-hybridized carbons (Fsp3) is 0.500. The van der Waals surface area contributed by atoms with Crippen molar-refractivity contribution in [1.82, 2.24) is 10.6 Å². The fourth-order valence-corrected chi connectivity index (χ4v) is 2.46. The minimum absolute atomic E-state index is 0. The first kappa shape index (κ1) is 17.3. The van der Waals surface area contributed by atoms with Crippen LogP contribution in [0.3, 0.4) is 0 Å². The summed E-state index contributed by atoms with van der Waals surface area (Å²) in [5.74, 6) is 0.605. The zero-order valence-electron chi connectivity index (χ0n) is 11.4. The van der Waals surface area contributed by atoms with Gasteiger partial charge in [-0.2, -0.15) is 0 Å². The molecule has 2 unspecified atom stereocenters. The van der Waals surface area contributed by atoms with Gasteiger partial charge in [0.25, 0.3) is 5.91 Å². The van der Waals surface area contributed by atoms with Crippen LogP contribution in [0.2, 0.25) is 0 Å². The Balaban J connectivity index is 0.00000200. The number of benzene rings is 1. The van der Waals surface area contributed by atoms with E-state index in [1.165, 1.54) is 6.42 Å². The molecule has 0 spiro atoms. The zero-order valence-corrected chi connectivity index (χ0v) is 13.8. The van der Waals surface area contributed by atoms with Crippen LogP contribution in [0, 0.1) is 0 Å². The molecule has 2 N–H and O–H groups in total. The van der Waals surface area contributed by atoms with Crippen LogP contribution in [0.15, 0.2) is 28.7 Å². The largest absolute Gasteiger partial charge is 0.480 e. The number of rotatable bonds is 5. The highest BCUT2D eigenvalue weighted by Gasteiger charge is 2.19. The molecule has 0 saturated carbocycles. The van der Waals surface area contributed by atoms with E-state index in [1.807, 2.05) is 24.3 Å². The summed E-state index contributed by atoms with van der Waals surface area (Å²) in [7, 11) is 0. The van der Waals surface area contributed by atoms with E-state index in [-0.39, 0.29) is 18.3 Å². The summed E-state index contributed by atoms with van der Waals surface area (Å²) in [6.45, 7) is 3.48. The first-order valence-corrected chi connectivity index (χ1v) is 7.38. The van der Waals surface area contributed by atoms with Gasteiger partial charge >= 0.3 is 0 Å². The first-order valence-electron chi connectivity index (χ1n) is 6.59. The van der Waals surface area contributed by atoms with Gasteiger partial charge in [0.2, 0.25) is 0 Å². The Morgan fingerprint density at radius 2 is 2.30 bits per heavy atom. The van der Waals surface area contributed by atoms with Crippen LogP contribution >= 0.6 is 28.3 Å². The summed E-state index contributed by atoms with van der Waals surface area (Å²) in [6.07, 6.45) is 1.81. The van der Waals surface area contributed by atoms with Gasteiger partial charge in [0.05, 0.1) is 4.47 Å². The Bertz CT molecular complexity index is 439. The number of amides is 1.